The molecule has 13 heteroatoms. The second-order valence-electron chi connectivity index (χ2n) is 8.21. The van der Waals surface area contributed by atoms with Crippen molar-refractivity contribution in [1.29, 1.82) is 0 Å². The van der Waals surface area contributed by atoms with Crippen molar-refractivity contribution < 1.29 is 28.2 Å². The van der Waals surface area contributed by atoms with Crippen LogP contribution >= 0.6 is 39.0 Å². The number of thioether (sulfide) groups is 1. The van der Waals surface area contributed by atoms with Crippen molar-refractivity contribution in [3.05, 3.63) is 62.4 Å². The monoisotopic (exact) mass is 646 g/mol. The van der Waals surface area contributed by atoms with E-state index in [1.165, 1.54) is 23.5 Å². The van der Waals surface area contributed by atoms with Crippen molar-refractivity contribution in [3.63, 3.8) is 0 Å². The van der Waals surface area contributed by atoms with E-state index >= 15 is 0 Å². The predicted octanol–water partition coefficient (Wildman–Crippen LogP) is 4.24. The number of thiazole rings is 1. The van der Waals surface area contributed by atoms with Gasteiger partial charge in [-0.05, 0) is 38.0 Å². The van der Waals surface area contributed by atoms with E-state index in [2.05, 4.69) is 36.1 Å². The number of hydrogen-bond donors (Lipinski definition) is 2. The SMILES string of the molecule is CCOC(=O)C1=C(CN2CC(F)CCC2CSCC=O)NC(c2nccs2)=NC1.CO.Fc1cccc(Br)c1. The molecule has 4 rings (SSSR count). The number of rotatable bonds is 9. The summed E-state index contributed by atoms with van der Waals surface area (Å²) in [6, 6.07) is 6.40. The highest BCUT2D eigenvalue weighted by molar-refractivity contribution is 9.10. The van der Waals surface area contributed by atoms with Crippen LogP contribution in [0.25, 0.3) is 0 Å². The lowest BCUT2D eigenvalue weighted by Gasteiger charge is -2.38. The number of hydrogen-bond acceptors (Lipinski definition) is 10. The molecule has 214 valence electrons. The van der Waals surface area contributed by atoms with Gasteiger partial charge in [0.15, 0.2) is 10.8 Å². The van der Waals surface area contributed by atoms with Crippen LogP contribution in [0.2, 0.25) is 0 Å². The Labute approximate surface area is 244 Å². The molecule has 1 aromatic heterocycles. The number of carbonyl (C=O) groups excluding carboxylic acids is 2. The quantitative estimate of drug-likeness (QED) is 0.237. The van der Waals surface area contributed by atoms with E-state index in [0.717, 1.165) is 35.0 Å². The largest absolute Gasteiger partial charge is 0.463 e. The summed E-state index contributed by atoms with van der Waals surface area (Å²) in [5.74, 6) is 1.18. The molecule has 1 saturated heterocycles. The normalized spacial score (nSPS) is 19.0. The van der Waals surface area contributed by atoms with E-state index in [1.807, 2.05) is 5.38 Å². The van der Waals surface area contributed by atoms with Gasteiger partial charge in [-0.3, -0.25) is 9.89 Å². The van der Waals surface area contributed by atoms with Gasteiger partial charge >= 0.3 is 5.97 Å². The molecule has 2 aliphatic rings. The number of nitrogens with zero attached hydrogens (tertiary/aromatic N) is 3. The highest BCUT2D eigenvalue weighted by Gasteiger charge is 2.31. The van der Waals surface area contributed by atoms with Gasteiger partial charge in [-0.25, -0.2) is 18.6 Å². The van der Waals surface area contributed by atoms with Crippen molar-refractivity contribution in [2.45, 2.75) is 32.0 Å². The molecule has 0 amide bonds. The van der Waals surface area contributed by atoms with Crippen LogP contribution in [0.5, 0.6) is 0 Å². The molecule has 1 aromatic carbocycles. The minimum absolute atomic E-state index is 0.145. The molecule has 2 aliphatic heterocycles. The Kier molecular flexibility index (Phi) is 15.4. The number of ether oxygens (including phenoxy) is 1. The molecule has 0 radical (unpaired) electrons. The molecule has 2 aromatic rings. The Morgan fingerprint density at radius 1 is 1.38 bits per heavy atom. The van der Waals surface area contributed by atoms with Gasteiger partial charge in [0.05, 0.1) is 18.7 Å². The first-order chi connectivity index (χ1) is 18.9. The molecule has 2 N–H and O–H groups in total. The van der Waals surface area contributed by atoms with Crippen LogP contribution in [-0.4, -0.2) is 90.2 Å². The second-order valence-corrected chi connectivity index (χ2v) is 11.1. The van der Waals surface area contributed by atoms with E-state index in [0.29, 0.717) is 42.4 Å². The molecular weight excluding hydrogens is 614 g/mol. The molecule has 39 heavy (non-hydrogen) atoms. The topological polar surface area (TPSA) is 104 Å². The summed E-state index contributed by atoms with van der Waals surface area (Å²) >= 11 is 6.13. The number of halogens is 3. The zero-order chi connectivity index (χ0) is 28.6. The smallest absolute Gasteiger partial charge is 0.337 e. The van der Waals surface area contributed by atoms with E-state index in [1.54, 1.807) is 37.0 Å². The number of aliphatic imine (C=N–C) groups is 1. The molecule has 0 aliphatic carbocycles. The van der Waals surface area contributed by atoms with Gasteiger partial charge in [-0.15, -0.1) is 11.3 Å². The van der Waals surface area contributed by atoms with Crippen molar-refractivity contribution in [2.75, 3.05) is 44.9 Å². The third-order valence-electron chi connectivity index (χ3n) is 5.59. The number of piperidine rings is 1. The fourth-order valence-corrected chi connectivity index (χ4v) is 5.71. The molecule has 1 fully saturated rings. The van der Waals surface area contributed by atoms with Crippen LogP contribution in [0.3, 0.4) is 0 Å². The van der Waals surface area contributed by atoms with Gasteiger partial charge in [-0.2, -0.15) is 11.8 Å². The number of amidine groups is 1. The summed E-state index contributed by atoms with van der Waals surface area (Å²) in [5, 5.41) is 12.8. The van der Waals surface area contributed by atoms with Gasteiger partial charge in [0.25, 0.3) is 0 Å². The van der Waals surface area contributed by atoms with Gasteiger partial charge < -0.3 is 20.0 Å². The van der Waals surface area contributed by atoms with Crippen molar-refractivity contribution in [3.8, 4) is 0 Å². The van der Waals surface area contributed by atoms with E-state index in [4.69, 9.17) is 9.84 Å². The lowest BCUT2D eigenvalue weighted by Crippen LogP contribution is -2.49. The van der Waals surface area contributed by atoms with Crippen LogP contribution in [0.15, 0.2) is 56.6 Å². The Hall–Kier alpha value is -2.19. The Bertz CT molecular complexity index is 1090. The Morgan fingerprint density at radius 3 is 2.79 bits per heavy atom. The van der Waals surface area contributed by atoms with Crippen molar-refractivity contribution in [1.82, 2.24) is 15.2 Å². The summed E-state index contributed by atoms with van der Waals surface area (Å²) < 4.78 is 32.3. The third kappa shape index (κ3) is 11.1. The zero-order valence-corrected chi connectivity index (χ0v) is 25.0. The van der Waals surface area contributed by atoms with Gasteiger partial charge in [0.1, 0.15) is 18.3 Å². The zero-order valence-electron chi connectivity index (χ0n) is 21.8. The number of alkyl halides is 1. The number of nitrogens with one attached hydrogen (secondary N) is 1. The van der Waals surface area contributed by atoms with Gasteiger partial charge in [0, 0.05) is 59.5 Å². The lowest BCUT2D eigenvalue weighted by atomic mass is 10.0. The minimum Gasteiger partial charge on any atom is -0.463 e. The summed E-state index contributed by atoms with van der Waals surface area (Å²) in [6.45, 7) is 2.94. The Balaban J connectivity index is 0.000000451. The molecule has 0 spiro atoms. The van der Waals surface area contributed by atoms with Gasteiger partial charge in [0.2, 0.25) is 0 Å². The number of aldehydes is 1. The first-order valence-corrected chi connectivity index (χ1v) is 15.1. The van der Waals surface area contributed by atoms with Crippen LogP contribution < -0.4 is 5.32 Å². The maximum atomic E-state index is 14.2. The highest BCUT2D eigenvalue weighted by Crippen LogP contribution is 2.25. The number of aromatic nitrogens is 1. The van der Waals surface area contributed by atoms with Crippen LogP contribution in [0, 0.1) is 5.82 Å². The number of carbonyl (C=O) groups is 2. The van der Waals surface area contributed by atoms with Crippen LogP contribution in [0.1, 0.15) is 24.8 Å². The third-order valence-corrected chi connectivity index (χ3v) is 7.86. The number of esters is 1. The fraction of sp³-hybridized carbons (Fsp3) is 0.462. The van der Waals surface area contributed by atoms with Crippen LogP contribution in [0.4, 0.5) is 8.78 Å². The summed E-state index contributed by atoms with van der Waals surface area (Å²) in [7, 11) is 1.00. The standard InChI is InChI=1S/C19H25FN4O3S2.C6H4BrF.CH4O/c1-2-27-19(26)15-9-22-17(18-21-5-7-29-18)23-16(15)11-24-10-13(20)3-4-14(24)12-28-8-6-25;7-5-2-1-3-6(8)4-5;1-2/h5-7,13-14H,2-4,8-12H2,1H3,(H,22,23);1-4H;2H,1H3. The van der Waals surface area contributed by atoms with E-state index in [-0.39, 0.29) is 25.0 Å². The molecule has 8 nitrogen and oxygen atoms in total. The average molecular weight is 648 g/mol. The van der Waals surface area contributed by atoms with E-state index < -0.39 is 12.1 Å². The molecule has 0 saturated carbocycles. The highest BCUT2D eigenvalue weighted by atomic mass is 79.9. The maximum Gasteiger partial charge on any atom is 0.337 e. The molecule has 3 heterocycles. The fourth-order valence-electron chi connectivity index (χ4n) is 3.86. The first kappa shape index (κ1) is 33.0. The van der Waals surface area contributed by atoms with Crippen molar-refractivity contribution in [2.24, 2.45) is 4.99 Å². The Morgan fingerprint density at radius 2 is 2.18 bits per heavy atom. The predicted molar refractivity (Wildman–Crippen MR) is 155 cm³/mol. The minimum atomic E-state index is -0.898. The number of aliphatic hydroxyl groups is 1. The summed E-state index contributed by atoms with van der Waals surface area (Å²) in [6.07, 6.45) is 2.93. The molecule has 2 atom stereocenters. The number of likely N-dealkylation sites (tertiary alicyclic amines) is 1. The number of benzene rings is 1. The number of aliphatic hydroxyl groups excluding tert-OH is 1. The van der Waals surface area contributed by atoms with E-state index in [9.17, 15) is 18.4 Å². The maximum absolute atomic E-state index is 14.2. The molecule has 0 bridgehead atoms. The summed E-state index contributed by atoms with van der Waals surface area (Å²) in [5.41, 5.74) is 1.15. The molecule has 2 unspecified atom stereocenters. The second kappa shape index (κ2) is 18.2. The molecular formula is C26H33BrF2N4O4S2. The lowest BCUT2D eigenvalue weighted by molar-refractivity contribution is -0.138. The average Bonchev–Trinajstić information content (AvgIpc) is 3.47. The van der Waals surface area contributed by atoms with Crippen LogP contribution in [-0.2, 0) is 14.3 Å². The first-order valence-electron chi connectivity index (χ1n) is 12.3. The van der Waals surface area contributed by atoms with Gasteiger partial charge in [-0.1, -0.05) is 22.0 Å². The summed E-state index contributed by atoms with van der Waals surface area (Å²) in [4.78, 5) is 33.9. The van der Waals surface area contributed by atoms with Crippen molar-refractivity contribution >= 4 is 57.1 Å².